The average molecular weight is 302 g/mol. The number of nitrogens with zero attached hydrogens (tertiary/aromatic N) is 2. The van der Waals surface area contributed by atoms with Gasteiger partial charge in [0.05, 0.1) is 12.6 Å². The Morgan fingerprint density at radius 3 is 3.05 bits per heavy atom. The second-order valence-corrected chi connectivity index (χ2v) is 5.69. The van der Waals surface area contributed by atoms with Gasteiger partial charge in [-0.1, -0.05) is 17.3 Å². The van der Waals surface area contributed by atoms with Gasteiger partial charge in [-0.05, 0) is 39.3 Å². The molecule has 0 spiro atoms. The second-order valence-electron chi connectivity index (χ2n) is 5.69. The van der Waals surface area contributed by atoms with Crippen LogP contribution in [0.15, 0.2) is 28.8 Å². The van der Waals surface area contributed by atoms with Crippen LogP contribution in [0, 0.1) is 6.92 Å². The maximum absolute atomic E-state index is 10.4. The summed E-state index contributed by atoms with van der Waals surface area (Å²) in [6.07, 6.45) is 2.19. The Morgan fingerprint density at radius 2 is 2.32 bits per heavy atom. The highest BCUT2D eigenvalue weighted by Crippen LogP contribution is 2.36. The van der Waals surface area contributed by atoms with Crippen molar-refractivity contribution in [2.24, 2.45) is 0 Å². The molecule has 0 bridgehead atoms. The van der Waals surface area contributed by atoms with Gasteiger partial charge in [-0.3, -0.25) is 4.90 Å². The number of ether oxygens (including phenoxy) is 1. The van der Waals surface area contributed by atoms with Crippen molar-refractivity contribution >= 4 is 0 Å². The van der Waals surface area contributed by atoms with Crippen molar-refractivity contribution < 1.29 is 14.4 Å². The maximum Gasteiger partial charge on any atom is 0.162 e. The highest BCUT2D eigenvalue weighted by Gasteiger charge is 2.29. The third-order valence-corrected chi connectivity index (χ3v) is 4.11. The first-order valence-electron chi connectivity index (χ1n) is 7.80. The van der Waals surface area contributed by atoms with Gasteiger partial charge in [0, 0.05) is 18.2 Å². The molecule has 1 aliphatic rings. The quantitative estimate of drug-likeness (QED) is 0.917. The van der Waals surface area contributed by atoms with Gasteiger partial charge in [0.15, 0.2) is 11.5 Å². The lowest BCUT2D eigenvalue weighted by molar-refractivity contribution is 0.232. The van der Waals surface area contributed by atoms with Gasteiger partial charge >= 0.3 is 0 Å². The number of aromatic nitrogens is 1. The monoisotopic (exact) mass is 302 g/mol. The zero-order valence-electron chi connectivity index (χ0n) is 13.1. The average Bonchev–Trinajstić information content (AvgIpc) is 3.12. The minimum Gasteiger partial charge on any atom is -0.504 e. The SMILES string of the molecule is CCOc1cccc(CN2CCCC2c2cc(C)on2)c1O. The molecule has 1 fully saturated rings. The number of rotatable bonds is 5. The molecule has 0 radical (unpaired) electrons. The Morgan fingerprint density at radius 1 is 1.45 bits per heavy atom. The lowest BCUT2D eigenvalue weighted by Gasteiger charge is -2.23. The van der Waals surface area contributed by atoms with Crippen LogP contribution in [0.25, 0.3) is 0 Å². The zero-order valence-corrected chi connectivity index (χ0v) is 13.1. The molecule has 1 aromatic carbocycles. The summed E-state index contributed by atoms with van der Waals surface area (Å²) >= 11 is 0. The fraction of sp³-hybridized carbons (Fsp3) is 0.471. The molecule has 1 atom stereocenters. The highest BCUT2D eigenvalue weighted by atomic mass is 16.5. The molecule has 2 heterocycles. The van der Waals surface area contributed by atoms with Crippen LogP contribution < -0.4 is 4.74 Å². The smallest absolute Gasteiger partial charge is 0.162 e. The first-order valence-corrected chi connectivity index (χ1v) is 7.80. The number of aryl methyl sites for hydroxylation is 1. The fourth-order valence-electron chi connectivity index (χ4n) is 3.08. The molecule has 1 saturated heterocycles. The first-order chi connectivity index (χ1) is 10.7. The van der Waals surface area contributed by atoms with E-state index in [1.165, 1.54) is 0 Å². The van der Waals surface area contributed by atoms with Crippen LogP contribution in [0.5, 0.6) is 11.5 Å². The summed E-state index contributed by atoms with van der Waals surface area (Å²) in [6.45, 7) is 6.04. The largest absolute Gasteiger partial charge is 0.504 e. The van der Waals surface area contributed by atoms with E-state index in [0.29, 0.717) is 18.9 Å². The van der Waals surface area contributed by atoms with E-state index < -0.39 is 0 Å². The third kappa shape index (κ3) is 2.95. The van der Waals surface area contributed by atoms with Gasteiger partial charge < -0.3 is 14.4 Å². The van der Waals surface area contributed by atoms with Crippen LogP contribution in [-0.2, 0) is 6.54 Å². The molecule has 22 heavy (non-hydrogen) atoms. The van der Waals surface area contributed by atoms with E-state index in [0.717, 1.165) is 36.4 Å². The predicted octanol–water partition coefficient (Wildman–Crippen LogP) is 3.42. The lowest BCUT2D eigenvalue weighted by Crippen LogP contribution is -2.23. The number of phenolic OH excluding ortho intramolecular Hbond substituents is 1. The predicted molar refractivity (Wildman–Crippen MR) is 82.9 cm³/mol. The summed E-state index contributed by atoms with van der Waals surface area (Å²) in [4.78, 5) is 2.34. The van der Waals surface area contributed by atoms with Crippen molar-refractivity contribution in [1.82, 2.24) is 10.1 Å². The molecule has 0 aliphatic carbocycles. The van der Waals surface area contributed by atoms with Crippen molar-refractivity contribution in [2.45, 2.75) is 39.3 Å². The number of aromatic hydroxyl groups is 1. The Balaban J connectivity index is 1.79. The summed E-state index contributed by atoms with van der Waals surface area (Å²) in [7, 11) is 0. The molecule has 0 saturated carbocycles. The molecule has 1 aliphatic heterocycles. The number of hydrogen-bond donors (Lipinski definition) is 1. The molecule has 0 amide bonds. The fourth-order valence-corrected chi connectivity index (χ4v) is 3.08. The molecule has 5 nitrogen and oxygen atoms in total. The normalized spacial score (nSPS) is 18.7. The van der Waals surface area contributed by atoms with Gasteiger partial charge in [-0.25, -0.2) is 0 Å². The Bertz CT molecular complexity index is 639. The molecule has 1 unspecified atom stereocenters. The summed E-state index contributed by atoms with van der Waals surface area (Å²) in [5.74, 6) is 1.63. The molecule has 118 valence electrons. The molecule has 1 N–H and O–H groups in total. The van der Waals surface area contributed by atoms with E-state index in [-0.39, 0.29) is 11.8 Å². The standard InChI is InChI=1S/C17H22N2O3/c1-3-21-16-8-4-6-13(17(16)20)11-19-9-5-7-15(19)14-10-12(2)22-18-14/h4,6,8,10,15,20H,3,5,7,9,11H2,1-2H3. The van der Waals surface area contributed by atoms with E-state index in [9.17, 15) is 5.11 Å². The summed E-state index contributed by atoms with van der Waals surface area (Å²) < 4.78 is 10.7. The highest BCUT2D eigenvalue weighted by molar-refractivity contribution is 5.45. The van der Waals surface area contributed by atoms with Crippen molar-refractivity contribution in [3.05, 3.63) is 41.3 Å². The summed E-state index contributed by atoms with van der Waals surface area (Å²) in [5.41, 5.74) is 1.87. The van der Waals surface area contributed by atoms with Crippen LogP contribution in [0.1, 0.15) is 42.8 Å². The number of benzene rings is 1. The van der Waals surface area contributed by atoms with Gasteiger partial charge in [0.2, 0.25) is 0 Å². The lowest BCUT2D eigenvalue weighted by atomic mass is 10.1. The van der Waals surface area contributed by atoms with E-state index in [2.05, 4.69) is 10.1 Å². The Kier molecular flexibility index (Phi) is 4.34. The number of hydrogen-bond acceptors (Lipinski definition) is 5. The van der Waals surface area contributed by atoms with E-state index >= 15 is 0 Å². The number of phenols is 1. The van der Waals surface area contributed by atoms with Gasteiger partial charge in [-0.2, -0.15) is 0 Å². The van der Waals surface area contributed by atoms with Gasteiger partial charge in [0.25, 0.3) is 0 Å². The summed E-state index contributed by atoms with van der Waals surface area (Å²) in [6, 6.07) is 7.92. The second kappa shape index (κ2) is 6.40. The van der Waals surface area contributed by atoms with E-state index in [1.807, 2.05) is 32.0 Å². The third-order valence-electron chi connectivity index (χ3n) is 4.11. The molecule has 1 aromatic heterocycles. The first kappa shape index (κ1) is 14.9. The van der Waals surface area contributed by atoms with Crippen LogP contribution in [0.2, 0.25) is 0 Å². The molecule has 2 aromatic rings. The molecule has 5 heteroatoms. The van der Waals surface area contributed by atoms with Crippen LogP contribution in [-0.4, -0.2) is 28.3 Å². The summed E-state index contributed by atoms with van der Waals surface area (Å²) in [5, 5.41) is 14.5. The number of para-hydroxylation sites is 1. The van der Waals surface area contributed by atoms with Crippen LogP contribution >= 0.6 is 0 Å². The van der Waals surface area contributed by atoms with Crippen molar-refractivity contribution in [1.29, 1.82) is 0 Å². The zero-order chi connectivity index (χ0) is 15.5. The Hall–Kier alpha value is -2.01. The maximum atomic E-state index is 10.4. The minimum atomic E-state index is 0.242. The van der Waals surface area contributed by atoms with E-state index in [4.69, 9.17) is 9.26 Å². The molecular weight excluding hydrogens is 280 g/mol. The van der Waals surface area contributed by atoms with Crippen molar-refractivity contribution in [2.75, 3.05) is 13.2 Å². The molecule has 3 rings (SSSR count). The Labute approximate surface area is 130 Å². The van der Waals surface area contributed by atoms with Crippen LogP contribution in [0.3, 0.4) is 0 Å². The molecular formula is C17H22N2O3. The van der Waals surface area contributed by atoms with Gasteiger partial charge in [0.1, 0.15) is 11.5 Å². The van der Waals surface area contributed by atoms with Crippen molar-refractivity contribution in [3.8, 4) is 11.5 Å². The van der Waals surface area contributed by atoms with E-state index in [1.54, 1.807) is 6.07 Å². The minimum absolute atomic E-state index is 0.242. The van der Waals surface area contributed by atoms with Gasteiger partial charge in [-0.15, -0.1) is 0 Å². The van der Waals surface area contributed by atoms with Crippen molar-refractivity contribution in [3.63, 3.8) is 0 Å². The van der Waals surface area contributed by atoms with Crippen LogP contribution in [0.4, 0.5) is 0 Å². The topological polar surface area (TPSA) is 58.7 Å². The number of likely N-dealkylation sites (tertiary alicyclic amines) is 1.